The second-order valence-electron chi connectivity index (χ2n) is 8.50. The fourth-order valence-electron chi connectivity index (χ4n) is 7.69. The van der Waals surface area contributed by atoms with E-state index in [-0.39, 0.29) is 0 Å². The zero-order valence-electron chi connectivity index (χ0n) is 12.4. The molecule has 0 amide bonds. The summed E-state index contributed by atoms with van der Waals surface area (Å²) in [6.45, 7) is 20.3. The first kappa shape index (κ1) is 11.1. The lowest BCUT2D eigenvalue weighted by atomic mass is 9.05. The number of rotatable bonds is 0. The molecule has 0 heterocycles. The van der Waals surface area contributed by atoms with Crippen LogP contribution in [0.4, 0.5) is 0 Å². The van der Waals surface area contributed by atoms with E-state index < -0.39 is 0 Å². The van der Waals surface area contributed by atoms with Gasteiger partial charge in [-0.05, 0) is 45.3 Å². The fourth-order valence-corrected chi connectivity index (χ4v) is 7.69. The predicted molar refractivity (Wildman–Crippen MR) is 69.2 cm³/mol. The largest absolute Gasteiger partial charge is 0.0617 e. The first-order valence-corrected chi connectivity index (χ1v) is 7.02. The third kappa shape index (κ3) is 0.527. The minimum absolute atomic E-state index is 0.546. The van der Waals surface area contributed by atoms with E-state index in [4.69, 9.17) is 0 Å². The summed E-state index contributed by atoms with van der Waals surface area (Å²) in [5.41, 5.74) is 2.89. The topological polar surface area (TPSA) is 0 Å². The van der Waals surface area contributed by atoms with Gasteiger partial charge in [0.1, 0.15) is 0 Å². The summed E-state index contributed by atoms with van der Waals surface area (Å²) in [6.07, 6.45) is 1.43. The Hall–Kier alpha value is 0. The SMILES string of the molecule is CC1C(C)C2(C)C1(C)C1(C)CC(C)(C)C12C. The highest BCUT2D eigenvalue weighted by Crippen LogP contribution is 2.99. The zero-order valence-corrected chi connectivity index (χ0v) is 12.4. The van der Waals surface area contributed by atoms with Crippen molar-refractivity contribution in [2.75, 3.05) is 0 Å². The quantitative estimate of drug-likeness (QED) is 0.553. The van der Waals surface area contributed by atoms with Gasteiger partial charge in [0.05, 0.1) is 0 Å². The monoisotopic (exact) mass is 220 g/mol. The molecule has 0 nitrogen and oxygen atoms in total. The van der Waals surface area contributed by atoms with E-state index in [0.717, 1.165) is 11.8 Å². The van der Waals surface area contributed by atoms with Crippen molar-refractivity contribution in [1.82, 2.24) is 0 Å². The Morgan fingerprint density at radius 2 is 1.19 bits per heavy atom. The van der Waals surface area contributed by atoms with Crippen LogP contribution in [0.1, 0.15) is 61.8 Å². The maximum absolute atomic E-state index is 2.58. The van der Waals surface area contributed by atoms with Crippen molar-refractivity contribution >= 4 is 0 Å². The lowest BCUT2D eigenvalue weighted by Gasteiger charge is -2.98. The van der Waals surface area contributed by atoms with Gasteiger partial charge >= 0.3 is 0 Å². The molecule has 0 spiro atoms. The van der Waals surface area contributed by atoms with Gasteiger partial charge < -0.3 is 0 Å². The molecule has 6 atom stereocenters. The number of hydrogen-bond acceptors (Lipinski definition) is 0. The highest BCUT2D eigenvalue weighted by atomic mass is 15.0. The normalized spacial score (nSPS) is 70.5. The minimum atomic E-state index is 0.546. The van der Waals surface area contributed by atoms with Crippen molar-refractivity contribution < 1.29 is 0 Å². The summed E-state index contributed by atoms with van der Waals surface area (Å²) in [4.78, 5) is 0. The first-order valence-electron chi connectivity index (χ1n) is 7.02. The molecule has 3 rings (SSSR count). The molecule has 0 bridgehead atoms. The van der Waals surface area contributed by atoms with E-state index in [2.05, 4.69) is 55.4 Å². The van der Waals surface area contributed by atoms with Crippen LogP contribution >= 0.6 is 0 Å². The molecule has 3 fully saturated rings. The molecule has 0 aromatic carbocycles. The van der Waals surface area contributed by atoms with Gasteiger partial charge in [0.2, 0.25) is 0 Å². The van der Waals surface area contributed by atoms with Crippen molar-refractivity contribution in [3.8, 4) is 0 Å². The van der Waals surface area contributed by atoms with Gasteiger partial charge in [-0.25, -0.2) is 0 Å². The zero-order chi connectivity index (χ0) is 12.4. The van der Waals surface area contributed by atoms with Crippen LogP contribution in [0.25, 0.3) is 0 Å². The summed E-state index contributed by atoms with van der Waals surface area (Å²) < 4.78 is 0. The van der Waals surface area contributed by atoms with Crippen LogP contribution < -0.4 is 0 Å². The van der Waals surface area contributed by atoms with Crippen LogP contribution in [0.3, 0.4) is 0 Å². The van der Waals surface area contributed by atoms with E-state index in [1.807, 2.05) is 0 Å². The van der Waals surface area contributed by atoms with Gasteiger partial charge in [-0.15, -0.1) is 0 Å². The Labute approximate surface area is 101 Å². The third-order valence-corrected chi connectivity index (χ3v) is 9.09. The summed E-state index contributed by atoms with van der Waals surface area (Å²) >= 11 is 0. The van der Waals surface area contributed by atoms with Gasteiger partial charge in [0.25, 0.3) is 0 Å². The molecule has 92 valence electrons. The highest BCUT2D eigenvalue weighted by Gasteiger charge is 2.94. The molecular formula is C16H28. The van der Waals surface area contributed by atoms with Crippen LogP contribution in [-0.2, 0) is 0 Å². The molecule has 0 heteroatoms. The summed E-state index contributed by atoms with van der Waals surface area (Å²) in [7, 11) is 0. The average Bonchev–Trinajstić information content (AvgIpc) is 2.22. The molecular weight excluding hydrogens is 192 g/mol. The smallest absolute Gasteiger partial charge is 0.0153 e. The van der Waals surface area contributed by atoms with Crippen molar-refractivity contribution in [3.05, 3.63) is 0 Å². The molecule has 0 N–H and O–H groups in total. The minimum Gasteiger partial charge on any atom is -0.0617 e. The maximum Gasteiger partial charge on any atom is -0.0153 e. The van der Waals surface area contributed by atoms with Crippen molar-refractivity contribution in [3.63, 3.8) is 0 Å². The summed E-state index contributed by atoms with van der Waals surface area (Å²) in [5.74, 6) is 1.81. The predicted octanol–water partition coefficient (Wildman–Crippen LogP) is 4.74. The molecule has 0 radical (unpaired) electrons. The highest BCUT2D eigenvalue weighted by molar-refractivity contribution is 5.41. The van der Waals surface area contributed by atoms with Crippen LogP contribution in [0.15, 0.2) is 0 Å². The Bertz CT molecular complexity index is 381. The molecule has 6 unspecified atom stereocenters. The van der Waals surface area contributed by atoms with Gasteiger partial charge in [-0.3, -0.25) is 0 Å². The van der Waals surface area contributed by atoms with Gasteiger partial charge in [0, 0.05) is 0 Å². The number of hydrogen-bond donors (Lipinski definition) is 0. The van der Waals surface area contributed by atoms with Gasteiger partial charge in [0.15, 0.2) is 0 Å². The Morgan fingerprint density at radius 1 is 0.750 bits per heavy atom. The van der Waals surface area contributed by atoms with E-state index >= 15 is 0 Å². The van der Waals surface area contributed by atoms with E-state index in [1.165, 1.54) is 6.42 Å². The van der Waals surface area contributed by atoms with Crippen LogP contribution in [0.5, 0.6) is 0 Å². The molecule has 16 heavy (non-hydrogen) atoms. The Morgan fingerprint density at radius 3 is 1.62 bits per heavy atom. The molecule has 0 aromatic rings. The second-order valence-corrected chi connectivity index (χ2v) is 8.50. The second kappa shape index (κ2) is 2.15. The molecule has 0 aliphatic heterocycles. The standard InChI is InChI=1S/C16H28/c1-10-11(2)15(7)14(10,6)13(5)9-12(3,4)16(13,15)8/h10-11H,9H2,1-8H3. The number of fused-ring (bicyclic) bond motifs is 4. The summed E-state index contributed by atoms with van der Waals surface area (Å²) in [6, 6.07) is 0. The van der Waals surface area contributed by atoms with Crippen molar-refractivity contribution in [2.45, 2.75) is 61.8 Å². The van der Waals surface area contributed by atoms with Crippen molar-refractivity contribution in [1.29, 1.82) is 0 Å². The Kier molecular flexibility index (Phi) is 1.49. The summed E-state index contributed by atoms with van der Waals surface area (Å²) in [5, 5.41) is 0. The van der Waals surface area contributed by atoms with Crippen LogP contribution in [0.2, 0.25) is 0 Å². The average molecular weight is 220 g/mol. The van der Waals surface area contributed by atoms with E-state index in [1.54, 1.807) is 0 Å². The molecule has 3 aliphatic rings. The molecule has 0 aromatic heterocycles. The molecule has 3 saturated carbocycles. The maximum atomic E-state index is 2.58. The third-order valence-electron chi connectivity index (χ3n) is 9.09. The van der Waals surface area contributed by atoms with Gasteiger partial charge in [-0.1, -0.05) is 55.4 Å². The molecule has 3 aliphatic carbocycles. The molecule has 0 saturated heterocycles. The van der Waals surface area contributed by atoms with Crippen molar-refractivity contribution in [2.24, 2.45) is 38.9 Å². The van der Waals surface area contributed by atoms with Gasteiger partial charge in [-0.2, -0.15) is 0 Å². The lowest BCUT2D eigenvalue weighted by Crippen LogP contribution is -2.94. The van der Waals surface area contributed by atoms with Crippen LogP contribution in [0, 0.1) is 38.9 Å². The van der Waals surface area contributed by atoms with E-state index in [0.29, 0.717) is 27.1 Å². The Balaban J connectivity index is 2.15. The van der Waals surface area contributed by atoms with E-state index in [9.17, 15) is 0 Å². The first-order chi connectivity index (χ1) is 7.02. The fraction of sp³-hybridized carbons (Fsp3) is 1.00. The lowest BCUT2D eigenvalue weighted by molar-refractivity contribution is -0.515. The van der Waals surface area contributed by atoms with Crippen LogP contribution in [-0.4, -0.2) is 0 Å².